The monoisotopic (exact) mass is 251 g/mol. The third-order valence-electron chi connectivity index (χ3n) is 3.70. The lowest BCUT2D eigenvalue weighted by atomic mass is 9.96. The maximum atomic E-state index is 10.4. The molecule has 2 rings (SSSR count). The van der Waals surface area contributed by atoms with Crippen LogP contribution in [0.15, 0.2) is 12.4 Å². The van der Waals surface area contributed by atoms with Gasteiger partial charge in [-0.1, -0.05) is 0 Å². The molecular weight excluding hydrogens is 230 g/mol. The van der Waals surface area contributed by atoms with Gasteiger partial charge in [0.15, 0.2) is 0 Å². The average molecular weight is 251 g/mol. The highest BCUT2D eigenvalue weighted by Gasteiger charge is 2.39. The number of nitrogens with one attached hydrogen (secondary N) is 1. The van der Waals surface area contributed by atoms with Crippen molar-refractivity contribution in [3.05, 3.63) is 23.8 Å². The third-order valence-corrected chi connectivity index (χ3v) is 3.70. The Hall–Kier alpha value is -1.04. The number of nitrogens with zero attached hydrogens (tertiary/aromatic N) is 2. The minimum atomic E-state index is -0.773. The van der Waals surface area contributed by atoms with Gasteiger partial charge in [0.25, 0.3) is 0 Å². The second-order valence-corrected chi connectivity index (χ2v) is 5.00. The molecule has 0 aromatic carbocycles. The molecule has 1 saturated heterocycles. The molecule has 3 atom stereocenters. The lowest BCUT2D eigenvalue weighted by Gasteiger charge is -2.28. The number of aromatic nitrogens is 2. The van der Waals surface area contributed by atoms with Gasteiger partial charge >= 0.3 is 0 Å². The summed E-state index contributed by atoms with van der Waals surface area (Å²) in [7, 11) is 0. The van der Waals surface area contributed by atoms with Gasteiger partial charge in [0.05, 0.1) is 17.5 Å². The highest BCUT2D eigenvalue weighted by atomic mass is 16.5. The first-order valence-electron chi connectivity index (χ1n) is 6.38. The normalized spacial score (nSPS) is 29.4. The van der Waals surface area contributed by atoms with Gasteiger partial charge in [-0.3, -0.25) is 9.97 Å². The smallest absolute Gasteiger partial charge is 0.105 e. The van der Waals surface area contributed by atoms with Gasteiger partial charge < -0.3 is 15.2 Å². The predicted octanol–water partition coefficient (Wildman–Crippen LogP) is 0.976. The molecule has 1 aromatic heterocycles. The Balaban J connectivity index is 1.96. The first-order chi connectivity index (χ1) is 8.53. The molecule has 5 heteroatoms. The van der Waals surface area contributed by atoms with Crippen molar-refractivity contribution in [2.45, 2.75) is 44.9 Å². The van der Waals surface area contributed by atoms with Crippen molar-refractivity contribution in [2.24, 2.45) is 0 Å². The first kappa shape index (κ1) is 13.4. The van der Waals surface area contributed by atoms with Crippen LogP contribution in [0.25, 0.3) is 0 Å². The molecule has 2 heterocycles. The van der Waals surface area contributed by atoms with Crippen molar-refractivity contribution >= 4 is 0 Å². The van der Waals surface area contributed by atoms with Gasteiger partial charge in [-0.2, -0.15) is 0 Å². The Bertz CT molecular complexity index is 413. The van der Waals surface area contributed by atoms with Crippen molar-refractivity contribution in [3.8, 4) is 0 Å². The Labute approximate surface area is 108 Å². The van der Waals surface area contributed by atoms with Crippen LogP contribution in [0.4, 0.5) is 0 Å². The molecular formula is C13H21N3O2. The lowest BCUT2D eigenvalue weighted by molar-refractivity contribution is -0.0275. The molecule has 0 amide bonds. The summed E-state index contributed by atoms with van der Waals surface area (Å²) in [5, 5.41) is 13.7. The van der Waals surface area contributed by atoms with Crippen molar-refractivity contribution in [1.82, 2.24) is 15.3 Å². The molecule has 1 aliphatic rings. The van der Waals surface area contributed by atoms with E-state index < -0.39 is 5.60 Å². The van der Waals surface area contributed by atoms with Crippen LogP contribution < -0.4 is 5.32 Å². The molecule has 5 nitrogen and oxygen atoms in total. The highest BCUT2D eigenvalue weighted by Crippen LogP contribution is 2.25. The van der Waals surface area contributed by atoms with Crippen LogP contribution in [-0.4, -0.2) is 39.9 Å². The quantitative estimate of drug-likeness (QED) is 0.835. The fourth-order valence-electron chi connectivity index (χ4n) is 2.27. The molecule has 0 saturated carbocycles. The summed E-state index contributed by atoms with van der Waals surface area (Å²) in [6, 6.07) is 0.0653. The predicted molar refractivity (Wildman–Crippen MR) is 68.2 cm³/mol. The SMILES string of the molecule is Cc1nccnc1C(C)NCC1(O)CCOC1C. The van der Waals surface area contributed by atoms with Gasteiger partial charge in [-0.25, -0.2) is 0 Å². The fraction of sp³-hybridized carbons (Fsp3) is 0.692. The van der Waals surface area contributed by atoms with E-state index in [9.17, 15) is 5.11 Å². The van der Waals surface area contributed by atoms with E-state index in [4.69, 9.17) is 4.74 Å². The summed E-state index contributed by atoms with van der Waals surface area (Å²) in [5.41, 5.74) is 1.07. The van der Waals surface area contributed by atoms with Crippen LogP contribution >= 0.6 is 0 Å². The molecule has 18 heavy (non-hydrogen) atoms. The molecule has 0 spiro atoms. The van der Waals surface area contributed by atoms with E-state index in [1.165, 1.54) is 0 Å². The zero-order valence-electron chi connectivity index (χ0n) is 11.2. The molecule has 1 aromatic rings. The molecule has 1 aliphatic heterocycles. The Morgan fingerprint density at radius 3 is 2.89 bits per heavy atom. The topological polar surface area (TPSA) is 67.3 Å². The number of aliphatic hydroxyl groups is 1. The third kappa shape index (κ3) is 2.68. The van der Waals surface area contributed by atoms with E-state index >= 15 is 0 Å². The van der Waals surface area contributed by atoms with E-state index in [0.29, 0.717) is 19.6 Å². The minimum absolute atomic E-state index is 0.0653. The van der Waals surface area contributed by atoms with E-state index in [1.807, 2.05) is 20.8 Å². The number of ether oxygens (including phenoxy) is 1. The fourth-order valence-corrected chi connectivity index (χ4v) is 2.27. The maximum absolute atomic E-state index is 10.4. The van der Waals surface area contributed by atoms with Gasteiger partial charge in [0.2, 0.25) is 0 Å². The van der Waals surface area contributed by atoms with Crippen molar-refractivity contribution < 1.29 is 9.84 Å². The zero-order valence-corrected chi connectivity index (χ0v) is 11.2. The van der Waals surface area contributed by atoms with Crippen LogP contribution in [0.1, 0.15) is 37.7 Å². The number of aryl methyl sites for hydroxylation is 1. The minimum Gasteiger partial charge on any atom is -0.386 e. The van der Waals surface area contributed by atoms with Crippen LogP contribution in [-0.2, 0) is 4.74 Å². The average Bonchev–Trinajstić information content (AvgIpc) is 2.68. The number of hydrogen-bond donors (Lipinski definition) is 2. The lowest BCUT2D eigenvalue weighted by Crippen LogP contribution is -2.46. The molecule has 1 fully saturated rings. The summed E-state index contributed by atoms with van der Waals surface area (Å²) in [6.07, 6.45) is 3.93. The van der Waals surface area contributed by atoms with Gasteiger partial charge in [0, 0.05) is 38.0 Å². The molecule has 0 bridgehead atoms. The number of rotatable bonds is 4. The van der Waals surface area contributed by atoms with Crippen LogP contribution in [0.3, 0.4) is 0 Å². The first-order valence-corrected chi connectivity index (χ1v) is 6.38. The van der Waals surface area contributed by atoms with Crippen molar-refractivity contribution in [1.29, 1.82) is 0 Å². The maximum Gasteiger partial charge on any atom is 0.105 e. The second-order valence-electron chi connectivity index (χ2n) is 5.00. The van der Waals surface area contributed by atoms with Gasteiger partial charge in [-0.15, -0.1) is 0 Å². The summed E-state index contributed by atoms with van der Waals surface area (Å²) in [5.74, 6) is 0. The Kier molecular flexibility index (Phi) is 3.94. The Morgan fingerprint density at radius 1 is 1.56 bits per heavy atom. The molecule has 0 aliphatic carbocycles. The van der Waals surface area contributed by atoms with E-state index in [0.717, 1.165) is 11.4 Å². The molecule has 2 N–H and O–H groups in total. The summed E-state index contributed by atoms with van der Waals surface area (Å²) < 4.78 is 5.41. The van der Waals surface area contributed by atoms with Crippen LogP contribution in [0.2, 0.25) is 0 Å². The summed E-state index contributed by atoms with van der Waals surface area (Å²) >= 11 is 0. The van der Waals surface area contributed by atoms with Gasteiger partial charge in [-0.05, 0) is 20.8 Å². The van der Waals surface area contributed by atoms with Crippen LogP contribution in [0, 0.1) is 6.92 Å². The van der Waals surface area contributed by atoms with Crippen molar-refractivity contribution in [3.63, 3.8) is 0 Å². The second kappa shape index (κ2) is 5.30. The zero-order chi connectivity index (χ0) is 13.2. The largest absolute Gasteiger partial charge is 0.386 e. The van der Waals surface area contributed by atoms with Crippen LogP contribution in [0.5, 0.6) is 0 Å². The van der Waals surface area contributed by atoms with E-state index in [1.54, 1.807) is 12.4 Å². The summed E-state index contributed by atoms with van der Waals surface area (Å²) in [6.45, 7) is 7.01. The van der Waals surface area contributed by atoms with E-state index in [-0.39, 0.29) is 12.1 Å². The molecule has 0 radical (unpaired) electrons. The summed E-state index contributed by atoms with van der Waals surface area (Å²) in [4.78, 5) is 8.55. The van der Waals surface area contributed by atoms with Gasteiger partial charge in [0.1, 0.15) is 5.60 Å². The highest BCUT2D eigenvalue weighted by molar-refractivity contribution is 5.12. The van der Waals surface area contributed by atoms with E-state index in [2.05, 4.69) is 15.3 Å². The Morgan fingerprint density at radius 2 is 2.28 bits per heavy atom. The molecule has 3 unspecified atom stereocenters. The van der Waals surface area contributed by atoms with Crippen molar-refractivity contribution in [2.75, 3.05) is 13.2 Å². The standard InChI is InChI=1S/C13H21N3O2/c1-9-12(15-6-5-14-9)10(2)16-8-13(17)4-7-18-11(13)3/h5-6,10-11,16-17H,4,7-8H2,1-3H3. The number of hydrogen-bond acceptors (Lipinski definition) is 5. The molecule has 100 valence electrons.